The van der Waals surface area contributed by atoms with Gasteiger partial charge in [0, 0.05) is 38.4 Å². The minimum atomic E-state index is -0.706. The maximum absolute atomic E-state index is 13.0. The molecule has 3 aliphatic heterocycles. The first-order valence-corrected chi connectivity index (χ1v) is 11.4. The van der Waals surface area contributed by atoms with Gasteiger partial charge < -0.3 is 10.2 Å². The summed E-state index contributed by atoms with van der Waals surface area (Å²) in [5.74, 6) is -0.599. The van der Waals surface area contributed by atoms with Gasteiger partial charge in [0.2, 0.25) is 17.7 Å². The SMILES string of the molecule is Cn1c(=O)n(C2CCC(=O)NC2=O)c2cccc(CCC(=O)N3CC4(CCNCC4)C3)c21. The normalized spacial score (nSPS) is 22.8. The molecular weight excluding hydrogens is 410 g/mol. The molecule has 9 heteroatoms. The highest BCUT2D eigenvalue weighted by Gasteiger charge is 2.45. The second kappa shape index (κ2) is 7.88. The predicted octanol–water partition coefficient (Wildman–Crippen LogP) is 0.462. The van der Waals surface area contributed by atoms with Crippen molar-refractivity contribution in [1.29, 1.82) is 0 Å². The highest BCUT2D eigenvalue weighted by atomic mass is 16.2. The third kappa shape index (κ3) is 3.44. The zero-order valence-corrected chi connectivity index (χ0v) is 18.4. The second-order valence-corrected chi connectivity index (χ2v) is 9.46. The topological polar surface area (TPSA) is 105 Å². The summed E-state index contributed by atoms with van der Waals surface area (Å²) in [7, 11) is 1.69. The molecule has 2 N–H and O–H groups in total. The van der Waals surface area contributed by atoms with Gasteiger partial charge in [-0.15, -0.1) is 0 Å². The van der Waals surface area contributed by atoms with Crippen molar-refractivity contribution in [2.75, 3.05) is 26.2 Å². The molecule has 9 nitrogen and oxygen atoms in total. The molecule has 5 rings (SSSR count). The van der Waals surface area contributed by atoms with Crippen molar-refractivity contribution in [3.05, 3.63) is 34.2 Å². The highest BCUT2D eigenvalue weighted by Crippen LogP contribution is 2.39. The van der Waals surface area contributed by atoms with Crippen LogP contribution >= 0.6 is 0 Å². The van der Waals surface area contributed by atoms with Crippen LogP contribution in [0.1, 0.15) is 43.7 Å². The first-order chi connectivity index (χ1) is 15.4. The monoisotopic (exact) mass is 439 g/mol. The number of para-hydroxylation sites is 1. The number of carbonyl (C=O) groups is 3. The van der Waals surface area contributed by atoms with Crippen LogP contribution in [0.2, 0.25) is 0 Å². The first-order valence-electron chi connectivity index (χ1n) is 11.4. The summed E-state index contributed by atoms with van der Waals surface area (Å²) < 4.78 is 3.03. The molecule has 0 aliphatic carbocycles. The fraction of sp³-hybridized carbons (Fsp3) is 0.565. The van der Waals surface area contributed by atoms with Crippen molar-refractivity contribution in [3.8, 4) is 0 Å². The lowest BCUT2D eigenvalue weighted by molar-refractivity contribution is -0.145. The van der Waals surface area contributed by atoms with Crippen molar-refractivity contribution < 1.29 is 14.4 Å². The maximum Gasteiger partial charge on any atom is 0.329 e. The van der Waals surface area contributed by atoms with Crippen LogP contribution in [-0.4, -0.2) is 57.9 Å². The van der Waals surface area contributed by atoms with E-state index in [1.54, 1.807) is 11.6 Å². The number of hydrogen-bond acceptors (Lipinski definition) is 5. The van der Waals surface area contributed by atoms with Gasteiger partial charge >= 0.3 is 5.69 Å². The number of hydrogen-bond donors (Lipinski definition) is 2. The number of rotatable bonds is 4. The molecule has 1 aromatic carbocycles. The number of benzene rings is 1. The van der Waals surface area contributed by atoms with E-state index in [1.807, 2.05) is 23.1 Å². The minimum Gasteiger partial charge on any atom is -0.341 e. The van der Waals surface area contributed by atoms with Crippen molar-refractivity contribution in [1.82, 2.24) is 24.7 Å². The first kappa shape index (κ1) is 20.9. The number of nitrogens with one attached hydrogen (secondary N) is 2. The lowest BCUT2D eigenvalue weighted by Gasteiger charge is -2.52. The molecule has 3 amide bonds. The van der Waals surface area contributed by atoms with Crippen LogP contribution in [0.5, 0.6) is 0 Å². The highest BCUT2D eigenvalue weighted by molar-refractivity contribution is 6.00. The molecule has 0 bridgehead atoms. The Balaban J connectivity index is 1.34. The number of piperidine rings is 2. The Labute approximate surface area is 185 Å². The molecule has 3 aliphatic rings. The van der Waals surface area contributed by atoms with Crippen molar-refractivity contribution in [3.63, 3.8) is 0 Å². The fourth-order valence-electron chi connectivity index (χ4n) is 5.56. The molecule has 0 radical (unpaired) electrons. The van der Waals surface area contributed by atoms with E-state index in [2.05, 4.69) is 10.6 Å². The summed E-state index contributed by atoms with van der Waals surface area (Å²) in [6, 6.07) is 4.91. The van der Waals surface area contributed by atoms with E-state index in [-0.39, 0.29) is 23.9 Å². The average molecular weight is 440 g/mol. The van der Waals surface area contributed by atoms with Crippen molar-refractivity contribution in [2.24, 2.45) is 12.5 Å². The molecule has 4 heterocycles. The van der Waals surface area contributed by atoms with Crippen molar-refractivity contribution >= 4 is 28.8 Å². The molecule has 1 unspecified atom stereocenters. The Bertz CT molecular complexity index is 1150. The quantitative estimate of drug-likeness (QED) is 0.674. The van der Waals surface area contributed by atoms with E-state index in [0.29, 0.717) is 30.2 Å². The molecule has 1 aromatic heterocycles. The third-order valence-electron chi connectivity index (χ3n) is 7.39. The Morgan fingerprint density at radius 3 is 2.62 bits per heavy atom. The molecule has 1 atom stereocenters. The third-order valence-corrected chi connectivity index (χ3v) is 7.39. The van der Waals surface area contributed by atoms with Gasteiger partial charge in [-0.05, 0) is 50.4 Å². The molecular formula is C23H29N5O4. The molecule has 1 spiro atoms. The summed E-state index contributed by atoms with van der Waals surface area (Å²) >= 11 is 0. The van der Waals surface area contributed by atoms with Gasteiger partial charge in [-0.1, -0.05) is 12.1 Å². The number of aromatic nitrogens is 2. The molecule has 3 fully saturated rings. The summed E-state index contributed by atoms with van der Waals surface area (Å²) in [6.45, 7) is 3.76. The summed E-state index contributed by atoms with van der Waals surface area (Å²) in [5.41, 5.74) is 2.34. The number of nitrogens with zero attached hydrogens (tertiary/aromatic N) is 3. The van der Waals surface area contributed by atoms with Crippen LogP contribution in [0.3, 0.4) is 0 Å². The van der Waals surface area contributed by atoms with Gasteiger partial charge in [-0.25, -0.2) is 4.79 Å². The molecule has 170 valence electrons. The van der Waals surface area contributed by atoms with Crippen LogP contribution in [0, 0.1) is 5.41 Å². The Morgan fingerprint density at radius 2 is 1.91 bits per heavy atom. The number of amides is 3. The van der Waals surface area contributed by atoms with E-state index < -0.39 is 11.9 Å². The van der Waals surface area contributed by atoms with E-state index in [4.69, 9.17) is 0 Å². The molecule has 32 heavy (non-hydrogen) atoms. The number of imidazole rings is 1. The molecule has 2 aromatic rings. The molecule has 0 saturated carbocycles. The van der Waals surface area contributed by atoms with Gasteiger partial charge in [0.05, 0.1) is 11.0 Å². The second-order valence-electron chi connectivity index (χ2n) is 9.46. The van der Waals surface area contributed by atoms with Crippen LogP contribution in [0.4, 0.5) is 0 Å². The smallest absolute Gasteiger partial charge is 0.329 e. The van der Waals surface area contributed by atoms with E-state index in [1.165, 1.54) is 4.57 Å². The standard InChI is InChI=1S/C23H29N5O4/c1-26-20-15(5-8-19(30)27-13-23(14-27)9-11-24-12-10-23)3-2-4-16(20)28(22(26)32)17-6-7-18(29)25-21(17)31/h2-4,17,24H,5-14H2,1H3,(H,25,29,31). The zero-order chi connectivity index (χ0) is 22.5. The number of carbonyl (C=O) groups excluding carboxylic acids is 3. The van der Waals surface area contributed by atoms with Crippen LogP contribution in [0.25, 0.3) is 11.0 Å². The van der Waals surface area contributed by atoms with Gasteiger partial charge in [0.25, 0.3) is 0 Å². The zero-order valence-electron chi connectivity index (χ0n) is 18.4. The lowest BCUT2D eigenvalue weighted by atomic mass is 9.72. The van der Waals surface area contributed by atoms with Crippen LogP contribution in [-0.2, 0) is 27.9 Å². The Morgan fingerprint density at radius 1 is 1.16 bits per heavy atom. The lowest BCUT2D eigenvalue weighted by Crippen LogP contribution is -2.61. The van der Waals surface area contributed by atoms with Crippen LogP contribution in [0.15, 0.2) is 23.0 Å². The predicted molar refractivity (Wildman–Crippen MR) is 118 cm³/mol. The Kier molecular flexibility index (Phi) is 5.16. The maximum atomic E-state index is 13.0. The van der Waals surface area contributed by atoms with Gasteiger partial charge in [0.15, 0.2) is 0 Å². The summed E-state index contributed by atoms with van der Waals surface area (Å²) in [6.07, 6.45) is 3.71. The van der Waals surface area contributed by atoms with Crippen molar-refractivity contribution in [2.45, 2.75) is 44.6 Å². The van der Waals surface area contributed by atoms with Crippen LogP contribution < -0.4 is 16.3 Å². The number of aryl methyl sites for hydroxylation is 2. The van der Waals surface area contributed by atoms with E-state index >= 15 is 0 Å². The largest absolute Gasteiger partial charge is 0.341 e. The Hall–Kier alpha value is -2.94. The van der Waals surface area contributed by atoms with E-state index in [9.17, 15) is 19.2 Å². The fourth-order valence-corrected chi connectivity index (χ4v) is 5.56. The number of imide groups is 1. The minimum absolute atomic E-state index is 0.153. The number of likely N-dealkylation sites (tertiary alicyclic amines) is 1. The van der Waals surface area contributed by atoms with Gasteiger partial charge in [-0.2, -0.15) is 0 Å². The van der Waals surface area contributed by atoms with Gasteiger partial charge in [-0.3, -0.25) is 28.8 Å². The summed E-state index contributed by atoms with van der Waals surface area (Å²) in [5, 5.41) is 5.71. The molecule has 3 saturated heterocycles. The average Bonchev–Trinajstić information content (AvgIpc) is 3.02. The van der Waals surface area contributed by atoms with E-state index in [0.717, 1.165) is 50.1 Å². The number of fused-ring (bicyclic) bond motifs is 1. The summed E-state index contributed by atoms with van der Waals surface area (Å²) in [4.78, 5) is 51.7. The van der Waals surface area contributed by atoms with Gasteiger partial charge in [0.1, 0.15) is 6.04 Å².